The first-order chi connectivity index (χ1) is 14.7. The third-order valence-corrected chi connectivity index (χ3v) is 7.78. The highest BCUT2D eigenvalue weighted by atomic mass is 19.4. The van der Waals surface area contributed by atoms with Crippen molar-refractivity contribution in [2.75, 3.05) is 18.9 Å². The maximum Gasteiger partial charge on any atom is 0.419 e. The van der Waals surface area contributed by atoms with Crippen molar-refractivity contribution in [2.45, 2.75) is 43.9 Å². The van der Waals surface area contributed by atoms with E-state index in [4.69, 9.17) is 15.6 Å². The quantitative estimate of drug-likeness (QED) is 0.797. The van der Waals surface area contributed by atoms with Gasteiger partial charge in [-0.1, -0.05) is 0 Å². The fourth-order valence-electron chi connectivity index (χ4n) is 6.51. The number of aromatic nitrogens is 3. The summed E-state index contributed by atoms with van der Waals surface area (Å²) < 4.78 is 47.3. The average molecular weight is 431 g/mol. The molecule has 6 nitrogen and oxygen atoms in total. The van der Waals surface area contributed by atoms with Crippen LogP contribution in [0.5, 0.6) is 0 Å². The van der Waals surface area contributed by atoms with Gasteiger partial charge in [-0.2, -0.15) is 18.3 Å². The van der Waals surface area contributed by atoms with Crippen molar-refractivity contribution in [3.8, 4) is 11.3 Å². The first-order valence-electron chi connectivity index (χ1n) is 10.7. The number of nitrogens with zero attached hydrogens (tertiary/aromatic N) is 4. The number of hydrogen-bond acceptors (Lipinski definition) is 5. The Hall–Kier alpha value is -2.71. The lowest BCUT2D eigenvalue weighted by Crippen LogP contribution is -2.57. The highest BCUT2D eigenvalue weighted by Gasteiger charge is 2.90. The molecule has 2 unspecified atom stereocenters. The van der Waals surface area contributed by atoms with Crippen LogP contribution in [0.15, 0.2) is 30.8 Å². The molecule has 1 aliphatic heterocycles. The molecule has 164 valence electrons. The van der Waals surface area contributed by atoms with Gasteiger partial charge < -0.3 is 15.4 Å². The second-order valence-corrected chi connectivity index (χ2v) is 9.40. The van der Waals surface area contributed by atoms with Crippen molar-refractivity contribution in [1.29, 1.82) is 0 Å². The average Bonchev–Trinajstić information content (AvgIpc) is 3.16. The summed E-state index contributed by atoms with van der Waals surface area (Å²) in [5.74, 6) is 1.26. The molecular weight excluding hydrogens is 407 g/mol. The summed E-state index contributed by atoms with van der Waals surface area (Å²) in [5.41, 5.74) is 6.71. The van der Waals surface area contributed by atoms with E-state index in [2.05, 4.69) is 29.9 Å². The zero-order valence-corrected chi connectivity index (χ0v) is 17.3. The molecule has 0 saturated heterocycles. The van der Waals surface area contributed by atoms with Crippen LogP contribution in [0.25, 0.3) is 11.3 Å². The maximum absolute atomic E-state index is 13.3. The van der Waals surface area contributed by atoms with Crippen LogP contribution in [0.4, 0.5) is 19.0 Å². The van der Waals surface area contributed by atoms with Crippen LogP contribution in [0, 0.1) is 17.8 Å². The van der Waals surface area contributed by atoms with Crippen LogP contribution in [0.3, 0.4) is 0 Å². The first-order valence-corrected chi connectivity index (χ1v) is 10.7. The fourth-order valence-corrected chi connectivity index (χ4v) is 6.51. The van der Waals surface area contributed by atoms with Crippen molar-refractivity contribution in [3.63, 3.8) is 0 Å². The third kappa shape index (κ3) is 2.34. The molecule has 3 fully saturated rings. The van der Waals surface area contributed by atoms with Gasteiger partial charge in [0.25, 0.3) is 0 Å². The number of ether oxygens (including phenoxy) is 1. The van der Waals surface area contributed by atoms with Gasteiger partial charge in [0.15, 0.2) is 0 Å². The summed E-state index contributed by atoms with van der Waals surface area (Å²) >= 11 is 0. The van der Waals surface area contributed by atoms with Crippen LogP contribution in [0.2, 0.25) is 0 Å². The number of anilines is 1. The van der Waals surface area contributed by atoms with Gasteiger partial charge in [-0.3, -0.25) is 4.68 Å². The van der Waals surface area contributed by atoms with E-state index in [0.717, 1.165) is 18.3 Å². The first kappa shape index (κ1) is 19.0. The van der Waals surface area contributed by atoms with Crippen molar-refractivity contribution >= 4 is 5.82 Å². The Bertz CT molecular complexity index is 1090. The van der Waals surface area contributed by atoms with Gasteiger partial charge in [-0.15, -0.1) is 0 Å². The Morgan fingerprint density at radius 3 is 2.71 bits per heavy atom. The van der Waals surface area contributed by atoms with E-state index >= 15 is 0 Å². The molecule has 2 aromatic rings. The zero-order valence-electron chi connectivity index (χ0n) is 17.3. The zero-order chi connectivity index (χ0) is 21.7. The van der Waals surface area contributed by atoms with Gasteiger partial charge in [0, 0.05) is 41.2 Å². The number of fused-ring (bicyclic) bond motifs is 1. The summed E-state index contributed by atoms with van der Waals surface area (Å²) in [4.78, 5) is 6.20. The Morgan fingerprint density at radius 1 is 1.26 bits per heavy atom. The molecule has 4 aliphatic rings. The number of nitrogens with two attached hydrogens (primary N) is 1. The topological polar surface area (TPSA) is 69.2 Å². The summed E-state index contributed by atoms with van der Waals surface area (Å²) in [6.45, 7) is 5.74. The SMILES string of the molecule is CC(C)n1nc(-c2cnc(N)c(C(F)(F)F)c2)cc1[C@]12C3C[C@H]1C2[C@@H]3N1C=COCC1. The van der Waals surface area contributed by atoms with Gasteiger partial charge >= 0.3 is 6.18 Å². The highest BCUT2D eigenvalue weighted by molar-refractivity contribution is 5.64. The fraction of sp³-hybridized carbons (Fsp3) is 0.545. The molecule has 2 N–H and O–H groups in total. The number of alkyl halides is 3. The van der Waals surface area contributed by atoms with Crippen molar-refractivity contribution in [1.82, 2.24) is 19.7 Å². The lowest BCUT2D eigenvalue weighted by Gasteiger charge is -2.52. The van der Waals surface area contributed by atoms with Gasteiger partial charge in [-0.05, 0) is 50.2 Å². The molecule has 3 heterocycles. The standard InChI is InChI=1S/C22H24F3N5O/c1-11(2)30-17(9-16(28-30)12-7-15(22(23,24)25)20(26)27-10-12)21-13-8-14(21)19(18(13)21)29-3-5-31-6-4-29/h3,5,7,9-11,13-14,18-19H,4,6,8H2,1-2H3,(H2,26,27)/t13-,14?,18?,19+,21+/m0/s1. The smallest absolute Gasteiger partial charge is 0.419 e. The molecule has 3 aliphatic carbocycles. The lowest BCUT2D eigenvalue weighted by molar-refractivity contribution is -0.137. The van der Waals surface area contributed by atoms with Crippen molar-refractivity contribution in [3.05, 3.63) is 42.0 Å². The van der Waals surface area contributed by atoms with E-state index in [9.17, 15) is 13.2 Å². The molecular formula is C22H24F3N5O. The minimum Gasteiger partial charge on any atom is -0.498 e. The lowest BCUT2D eigenvalue weighted by atomic mass is 9.60. The van der Waals surface area contributed by atoms with Crippen molar-refractivity contribution < 1.29 is 17.9 Å². The van der Waals surface area contributed by atoms with Gasteiger partial charge in [0.2, 0.25) is 0 Å². The number of rotatable bonds is 4. The van der Waals surface area contributed by atoms with E-state index in [-0.39, 0.29) is 11.5 Å². The van der Waals surface area contributed by atoms with Gasteiger partial charge in [0.1, 0.15) is 12.4 Å². The van der Waals surface area contributed by atoms with Gasteiger partial charge in [0.05, 0.1) is 24.1 Å². The normalized spacial score (nSPS) is 32.9. The molecule has 0 radical (unpaired) electrons. The molecule has 5 atom stereocenters. The predicted octanol–water partition coefficient (Wildman–Crippen LogP) is 3.82. The van der Waals surface area contributed by atoms with E-state index in [1.54, 1.807) is 6.26 Å². The number of pyridine rings is 1. The Balaban J connectivity index is 1.36. The van der Waals surface area contributed by atoms with Crippen LogP contribution in [-0.2, 0) is 16.3 Å². The Kier molecular flexibility index (Phi) is 3.65. The molecule has 9 heteroatoms. The summed E-state index contributed by atoms with van der Waals surface area (Å²) in [6.07, 6.45) is 1.86. The minimum atomic E-state index is -4.55. The van der Waals surface area contributed by atoms with E-state index < -0.39 is 17.6 Å². The maximum atomic E-state index is 13.3. The second kappa shape index (κ2) is 5.95. The molecule has 6 rings (SSSR count). The van der Waals surface area contributed by atoms with E-state index in [1.165, 1.54) is 12.6 Å². The van der Waals surface area contributed by atoms with Crippen LogP contribution in [-0.4, -0.2) is 38.9 Å². The highest BCUT2D eigenvalue weighted by Crippen LogP contribution is 2.87. The van der Waals surface area contributed by atoms with Crippen LogP contribution < -0.4 is 5.73 Å². The minimum absolute atomic E-state index is 0.116. The Labute approximate surface area is 177 Å². The van der Waals surface area contributed by atoms with Crippen molar-refractivity contribution in [2.24, 2.45) is 17.8 Å². The molecule has 3 saturated carbocycles. The molecule has 0 amide bonds. The summed E-state index contributed by atoms with van der Waals surface area (Å²) in [6, 6.07) is 3.69. The predicted molar refractivity (Wildman–Crippen MR) is 108 cm³/mol. The molecule has 0 aromatic carbocycles. The number of hydrogen-bond donors (Lipinski definition) is 1. The van der Waals surface area contributed by atoms with Gasteiger partial charge in [-0.25, -0.2) is 4.98 Å². The van der Waals surface area contributed by atoms with E-state index in [0.29, 0.717) is 41.7 Å². The molecule has 0 spiro atoms. The molecule has 31 heavy (non-hydrogen) atoms. The second-order valence-electron chi connectivity index (χ2n) is 9.40. The van der Waals surface area contributed by atoms with Crippen LogP contribution >= 0.6 is 0 Å². The third-order valence-electron chi connectivity index (χ3n) is 7.78. The number of halogens is 3. The summed E-state index contributed by atoms with van der Waals surface area (Å²) in [5, 5.41) is 4.72. The molecule has 2 aromatic heterocycles. The van der Waals surface area contributed by atoms with Crippen LogP contribution in [0.1, 0.15) is 37.6 Å². The molecule has 0 bridgehead atoms. The number of nitrogen functional groups attached to an aromatic ring is 1. The Morgan fingerprint density at radius 2 is 2.06 bits per heavy atom. The largest absolute Gasteiger partial charge is 0.498 e. The van der Waals surface area contributed by atoms with E-state index in [1.807, 2.05) is 10.7 Å². The summed E-state index contributed by atoms with van der Waals surface area (Å²) in [7, 11) is 0. The monoisotopic (exact) mass is 431 g/mol.